The van der Waals surface area contributed by atoms with Crippen molar-refractivity contribution in [2.45, 2.75) is 19.4 Å². The predicted molar refractivity (Wildman–Crippen MR) is 97.4 cm³/mol. The number of nitrogens with one attached hydrogen (secondary N) is 1. The molecule has 3 rings (SSSR count). The lowest BCUT2D eigenvalue weighted by molar-refractivity contribution is 0.452. The average molecular weight is 374 g/mol. The van der Waals surface area contributed by atoms with Crippen LogP contribution in [0.25, 0.3) is 11.3 Å². The fourth-order valence-corrected chi connectivity index (χ4v) is 3.77. The van der Waals surface area contributed by atoms with Gasteiger partial charge in [-0.15, -0.1) is 0 Å². The van der Waals surface area contributed by atoms with E-state index in [9.17, 15) is 12.8 Å². The predicted octanol–water partition coefficient (Wildman–Crippen LogP) is 3.70. The minimum Gasteiger partial charge on any atom is -0.439 e. The van der Waals surface area contributed by atoms with Gasteiger partial charge >= 0.3 is 0 Å². The number of oxazole rings is 1. The quantitative estimate of drug-likeness (QED) is 0.684. The molecule has 1 unspecified atom stereocenters. The first kappa shape index (κ1) is 18.3. The first-order chi connectivity index (χ1) is 12.4. The van der Waals surface area contributed by atoms with E-state index in [1.165, 1.54) is 18.3 Å². The zero-order valence-electron chi connectivity index (χ0n) is 14.2. The third-order valence-electron chi connectivity index (χ3n) is 3.88. The van der Waals surface area contributed by atoms with Gasteiger partial charge in [0.15, 0.2) is 5.76 Å². The van der Waals surface area contributed by atoms with Crippen molar-refractivity contribution >= 4 is 10.0 Å². The Morgan fingerprint density at radius 1 is 1.12 bits per heavy atom. The Morgan fingerprint density at radius 2 is 1.81 bits per heavy atom. The summed E-state index contributed by atoms with van der Waals surface area (Å²) in [6, 6.07) is 14.6. The van der Waals surface area contributed by atoms with Gasteiger partial charge in [-0.05, 0) is 43.2 Å². The summed E-state index contributed by atoms with van der Waals surface area (Å²) < 4.78 is 45.7. The molecule has 5 nitrogen and oxygen atoms in total. The van der Waals surface area contributed by atoms with E-state index >= 15 is 0 Å². The van der Waals surface area contributed by atoms with Gasteiger partial charge in [0.25, 0.3) is 0 Å². The molecule has 7 heteroatoms. The Hall–Kier alpha value is -2.51. The molecule has 0 aliphatic heterocycles. The fraction of sp³-hybridized carbons (Fsp3) is 0.211. The maximum absolute atomic E-state index is 13.0. The van der Waals surface area contributed by atoms with Crippen LogP contribution < -0.4 is 4.72 Å². The highest BCUT2D eigenvalue weighted by atomic mass is 32.2. The largest absolute Gasteiger partial charge is 0.439 e. The van der Waals surface area contributed by atoms with E-state index in [2.05, 4.69) is 9.71 Å². The summed E-state index contributed by atoms with van der Waals surface area (Å²) in [5.74, 6) is 0.350. The first-order valence-corrected chi connectivity index (χ1v) is 9.84. The molecule has 0 saturated heterocycles. The Kier molecular flexibility index (Phi) is 5.49. The van der Waals surface area contributed by atoms with Crippen LogP contribution in [0.1, 0.15) is 24.4 Å². The molecule has 1 aromatic heterocycles. The van der Waals surface area contributed by atoms with Crippen LogP contribution in [0.3, 0.4) is 0 Å². The maximum Gasteiger partial charge on any atom is 0.212 e. The molecule has 26 heavy (non-hydrogen) atoms. The SMILES string of the molecule is CC(NS(=O)(=O)CCc1ccccc1)c1ncc(-c2ccc(F)cc2)o1. The van der Waals surface area contributed by atoms with Crippen molar-refractivity contribution in [3.63, 3.8) is 0 Å². The Bertz CT molecular complexity index is 954. The van der Waals surface area contributed by atoms with Gasteiger partial charge in [-0.2, -0.15) is 0 Å². The monoisotopic (exact) mass is 374 g/mol. The molecule has 0 bridgehead atoms. The molecule has 2 aromatic carbocycles. The Labute approximate surface area is 151 Å². The van der Waals surface area contributed by atoms with Crippen molar-refractivity contribution in [1.82, 2.24) is 9.71 Å². The summed E-state index contributed by atoms with van der Waals surface area (Å²) in [7, 11) is -3.49. The lowest BCUT2D eigenvalue weighted by Crippen LogP contribution is -2.30. The molecule has 1 N–H and O–H groups in total. The van der Waals surface area contributed by atoms with E-state index in [0.29, 0.717) is 17.7 Å². The Morgan fingerprint density at radius 3 is 2.50 bits per heavy atom. The molecule has 0 aliphatic carbocycles. The van der Waals surface area contributed by atoms with Crippen LogP contribution in [0.4, 0.5) is 4.39 Å². The van der Waals surface area contributed by atoms with Crippen molar-refractivity contribution in [2.24, 2.45) is 0 Å². The number of nitrogens with zero attached hydrogens (tertiary/aromatic N) is 1. The normalized spacial score (nSPS) is 12.8. The number of aromatic nitrogens is 1. The highest BCUT2D eigenvalue weighted by Crippen LogP contribution is 2.23. The van der Waals surface area contributed by atoms with Gasteiger partial charge in [0, 0.05) is 5.56 Å². The minimum atomic E-state index is -3.49. The van der Waals surface area contributed by atoms with E-state index in [4.69, 9.17) is 4.42 Å². The highest BCUT2D eigenvalue weighted by Gasteiger charge is 2.20. The van der Waals surface area contributed by atoms with Crippen LogP contribution in [-0.4, -0.2) is 19.2 Å². The third-order valence-corrected chi connectivity index (χ3v) is 5.34. The van der Waals surface area contributed by atoms with Gasteiger partial charge in [-0.3, -0.25) is 0 Å². The minimum absolute atomic E-state index is 0.0210. The van der Waals surface area contributed by atoms with Crippen molar-refractivity contribution < 1.29 is 17.2 Å². The number of hydrogen-bond acceptors (Lipinski definition) is 4. The number of hydrogen-bond donors (Lipinski definition) is 1. The van der Waals surface area contributed by atoms with Crippen LogP contribution in [0.2, 0.25) is 0 Å². The summed E-state index contributed by atoms with van der Waals surface area (Å²) in [5.41, 5.74) is 1.63. The molecule has 0 amide bonds. The first-order valence-electron chi connectivity index (χ1n) is 8.18. The topological polar surface area (TPSA) is 72.2 Å². The van der Waals surface area contributed by atoms with Crippen LogP contribution in [0.15, 0.2) is 65.2 Å². The summed E-state index contributed by atoms with van der Waals surface area (Å²) in [6.07, 6.45) is 1.92. The van der Waals surface area contributed by atoms with E-state index in [0.717, 1.165) is 5.56 Å². The number of aryl methyl sites for hydroxylation is 1. The van der Waals surface area contributed by atoms with Crippen molar-refractivity contribution in [1.29, 1.82) is 0 Å². The summed E-state index contributed by atoms with van der Waals surface area (Å²) in [4.78, 5) is 4.13. The average Bonchev–Trinajstić information content (AvgIpc) is 3.12. The zero-order valence-corrected chi connectivity index (χ0v) is 15.0. The van der Waals surface area contributed by atoms with Crippen molar-refractivity contribution in [3.8, 4) is 11.3 Å². The zero-order chi connectivity index (χ0) is 18.6. The Balaban J connectivity index is 1.64. The highest BCUT2D eigenvalue weighted by molar-refractivity contribution is 7.89. The van der Waals surface area contributed by atoms with Gasteiger partial charge in [-0.1, -0.05) is 30.3 Å². The number of halogens is 1. The second kappa shape index (κ2) is 7.80. The van der Waals surface area contributed by atoms with Gasteiger partial charge < -0.3 is 4.42 Å². The molecule has 136 valence electrons. The second-order valence-corrected chi connectivity index (χ2v) is 7.84. The molecule has 3 aromatic rings. The van der Waals surface area contributed by atoms with E-state index in [1.807, 2.05) is 30.3 Å². The molecular weight excluding hydrogens is 355 g/mol. The summed E-state index contributed by atoms with van der Waals surface area (Å²) in [6.45, 7) is 1.67. The molecule has 1 heterocycles. The lowest BCUT2D eigenvalue weighted by Gasteiger charge is -2.11. The summed E-state index contributed by atoms with van der Waals surface area (Å²) >= 11 is 0. The fourth-order valence-electron chi connectivity index (χ4n) is 2.51. The van der Waals surface area contributed by atoms with E-state index in [-0.39, 0.29) is 17.5 Å². The third kappa shape index (κ3) is 4.77. The molecule has 0 spiro atoms. The smallest absolute Gasteiger partial charge is 0.212 e. The van der Waals surface area contributed by atoms with Gasteiger partial charge in [0.2, 0.25) is 15.9 Å². The van der Waals surface area contributed by atoms with Gasteiger partial charge in [0.05, 0.1) is 18.0 Å². The standard InChI is InChI=1S/C19H19FN2O3S/c1-14(22-26(23,24)12-11-15-5-3-2-4-6-15)19-21-13-18(25-19)16-7-9-17(20)10-8-16/h2-10,13-14,22H,11-12H2,1H3. The number of sulfonamides is 1. The van der Waals surface area contributed by atoms with Crippen LogP contribution in [-0.2, 0) is 16.4 Å². The summed E-state index contributed by atoms with van der Waals surface area (Å²) in [5, 5.41) is 0. The van der Waals surface area contributed by atoms with E-state index in [1.54, 1.807) is 19.1 Å². The van der Waals surface area contributed by atoms with Crippen molar-refractivity contribution in [2.75, 3.05) is 5.75 Å². The van der Waals surface area contributed by atoms with Gasteiger partial charge in [-0.25, -0.2) is 22.5 Å². The van der Waals surface area contributed by atoms with Crippen molar-refractivity contribution in [3.05, 3.63) is 78.1 Å². The van der Waals surface area contributed by atoms with Crippen LogP contribution >= 0.6 is 0 Å². The lowest BCUT2D eigenvalue weighted by atomic mass is 10.2. The van der Waals surface area contributed by atoms with Crippen LogP contribution in [0, 0.1) is 5.82 Å². The molecular formula is C19H19FN2O3S. The maximum atomic E-state index is 13.0. The second-order valence-electron chi connectivity index (χ2n) is 5.96. The van der Waals surface area contributed by atoms with Crippen LogP contribution in [0.5, 0.6) is 0 Å². The molecule has 0 fully saturated rings. The molecule has 0 radical (unpaired) electrons. The number of benzene rings is 2. The molecule has 0 aliphatic rings. The van der Waals surface area contributed by atoms with E-state index < -0.39 is 16.1 Å². The number of rotatable bonds is 7. The van der Waals surface area contributed by atoms with Gasteiger partial charge in [0.1, 0.15) is 5.82 Å². The molecule has 0 saturated carbocycles. The molecule has 1 atom stereocenters.